The molecule has 2 aromatic heterocycles. The summed E-state index contributed by atoms with van der Waals surface area (Å²) >= 11 is 0. The third kappa shape index (κ3) is 2.89. The van der Waals surface area contributed by atoms with Gasteiger partial charge in [-0.1, -0.05) is 0 Å². The van der Waals surface area contributed by atoms with Crippen molar-refractivity contribution in [3.63, 3.8) is 0 Å². The monoisotopic (exact) mass is 303 g/mol. The van der Waals surface area contributed by atoms with E-state index in [2.05, 4.69) is 4.98 Å². The Kier molecular flexibility index (Phi) is 3.72. The largest absolute Gasteiger partial charge is 0.657 e. The van der Waals surface area contributed by atoms with Gasteiger partial charge in [0.1, 0.15) is 17.0 Å². The summed E-state index contributed by atoms with van der Waals surface area (Å²) in [7, 11) is 2.06. The second kappa shape index (κ2) is 5.68. The molecular formula is C13H14BN3O5. The Morgan fingerprint density at radius 2 is 1.95 bits per heavy atom. The van der Waals surface area contributed by atoms with E-state index in [1.165, 1.54) is 4.90 Å². The number of nitrogens with zero attached hydrogens (tertiary/aromatic N) is 3. The number of likely N-dealkylation sites (N-methyl/N-ethyl adjacent to an activating group) is 1. The predicted molar refractivity (Wildman–Crippen MR) is 76.8 cm³/mol. The molecular weight excluding hydrogens is 289 g/mol. The molecule has 0 aliphatic carbocycles. The van der Waals surface area contributed by atoms with Gasteiger partial charge in [-0.2, -0.15) is 0 Å². The lowest BCUT2D eigenvalue weighted by atomic mass is 9.85. The van der Waals surface area contributed by atoms with Gasteiger partial charge < -0.3 is 18.4 Å². The fourth-order valence-electron chi connectivity index (χ4n) is 2.18. The second-order valence-electron chi connectivity index (χ2n) is 4.98. The summed E-state index contributed by atoms with van der Waals surface area (Å²) in [6.07, 6.45) is 3.40. The van der Waals surface area contributed by atoms with E-state index in [9.17, 15) is 9.59 Å². The zero-order valence-electron chi connectivity index (χ0n) is 12.2. The molecule has 9 heteroatoms. The summed E-state index contributed by atoms with van der Waals surface area (Å²) in [6.45, 7) is 0.0413. The Bertz CT molecular complexity index is 712. The van der Waals surface area contributed by atoms with Crippen molar-refractivity contribution in [1.82, 2.24) is 14.3 Å². The highest BCUT2D eigenvalue weighted by molar-refractivity contribution is 6.63. The molecule has 22 heavy (non-hydrogen) atoms. The lowest BCUT2D eigenvalue weighted by molar-refractivity contribution is -0.145. The molecule has 0 saturated carbocycles. The first-order valence-corrected chi connectivity index (χ1v) is 6.65. The van der Waals surface area contributed by atoms with E-state index in [1.54, 1.807) is 43.1 Å². The number of methoxy groups -OCH3 is 1. The van der Waals surface area contributed by atoms with Crippen LogP contribution in [0.5, 0.6) is 5.75 Å². The van der Waals surface area contributed by atoms with Gasteiger partial charge in [-0.15, -0.1) is 0 Å². The maximum Gasteiger partial charge on any atom is 0.657 e. The summed E-state index contributed by atoms with van der Waals surface area (Å²) < 4.78 is 17.2. The highest BCUT2D eigenvalue weighted by Crippen LogP contribution is 2.12. The lowest BCUT2D eigenvalue weighted by Gasteiger charge is -2.21. The average Bonchev–Trinajstić information content (AvgIpc) is 2.87. The van der Waals surface area contributed by atoms with Crippen molar-refractivity contribution >= 4 is 30.3 Å². The van der Waals surface area contributed by atoms with E-state index >= 15 is 0 Å². The molecule has 0 spiro atoms. The van der Waals surface area contributed by atoms with Gasteiger partial charge in [0.15, 0.2) is 0 Å². The van der Waals surface area contributed by atoms with Crippen LogP contribution in [0.15, 0.2) is 24.5 Å². The van der Waals surface area contributed by atoms with Crippen molar-refractivity contribution in [2.24, 2.45) is 0 Å². The lowest BCUT2D eigenvalue weighted by Crippen LogP contribution is -2.48. The van der Waals surface area contributed by atoms with E-state index in [0.717, 1.165) is 0 Å². The van der Waals surface area contributed by atoms with Gasteiger partial charge in [-0.05, 0) is 13.1 Å². The van der Waals surface area contributed by atoms with Crippen molar-refractivity contribution in [3.8, 4) is 5.75 Å². The van der Waals surface area contributed by atoms with Gasteiger partial charge >= 0.3 is 19.1 Å². The van der Waals surface area contributed by atoms with Crippen LogP contribution in [-0.2, 0) is 18.9 Å². The number of ether oxygens (including phenoxy) is 1. The fraction of sp³-hybridized carbons (Fsp3) is 0.308. The Hall–Kier alpha value is -2.55. The summed E-state index contributed by atoms with van der Waals surface area (Å²) in [5.74, 6) is -0.304. The molecule has 1 saturated heterocycles. The minimum Gasteiger partial charge on any atom is -0.497 e. The summed E-state index contributed by atoms with van der Waals surface area (Å²) in [4.78, 5) is 29.3. The van der Waals surface area contributed by atoms with E-state index in [4.69, 9.17) is 14.0 Å². The molecule has 0 bridgehead atoms. The van der Waals surface area contributed by atoms with Crippen LogP contribution in [0.2, 0.25) is 0 Å². The first kappa shape index (κ1) is 14.4. The summed E-state index contributed by atoms with van der Waals surface area (Å²) in [6, 6.07) is 3.49. The minimum absolute atomic E-state index is 0.0206. The molecule has 114 valence electrons. The number of rotatable bonds is 2. The molecule has 1 aliphatic heterocycles. The van der Waals surface area contributed by atoms with Crippen molar-refractivity contribution in [1.29, 1.82) is 0 Å². The minimum atomic E-state index is -1.14. The van der Waals surface area contributed by atoms with E-state index in [0.29, 0.717) is 17.0 Å². The molecule has 2 aromatic rings. The van der Waals surface area contributed by atoms with Gasteiger partial charge in [-0.3, -0.25) is 14.5 Å². The molecule has 0 aromatic carbocycles. The number of hydrogen-bond acceptors (Lipinski definition) is 7. The third-order valence-electron chi connectivity index (χ3n) is 3.20. The SMILES string of the molecule is COc1ccn2cc(B3OC(=O)CN(C)CC(=O)O3)nc2c1. The predicted octanol–water partition coefficient (Wildman–Crippen LogP) is -0.930. The van der Waals surface area contributed by atoms with Crippen LogP contribution >= 0.6 is 0 Å². The van der Waals surface area contributed by atoms with E-state index < -0.39 is 19.1 Å². The molecule has 3 rings (SSSR count). The first-order valence-electron chi connectivity index (χ1n) is 6.65. The van der Waals surface area contributed by atoms with Crippen LogP contribution < -0.4 is 10.3 Å². The van der Waals surface area contributed by atoms with Gasteiger partial charge in [0.05, 0.1) is 20.2 Å². The smallest absolute Gasteiger partial charge is 0.497 e. The number of imidazole rings is 1. The topological polar surface area (TPSA) is 82.4 Å². The van der Waals surface area contributed by atoms with Crippen LogP contribution in [0.3, 0.4) is 0 Å². The molecule has 0 radical (unpaired) electrons. The maximum atomic E-state index is 11.7. The Labute approximate surface area is 126 Å². The molecule has 0 N–H and O–H groups in total. The fourth-order valence-corrected chi connectivity index (χ4v) is 2.18. The summed E-state index contributed by atoms with van der Waals surface area (Å²) in [5.41, 5.74) is 0.945. The molecule has 1 fully saturated rings. The number of fused-ring (bicyclic) bond motifs is 1. The highest BCUT2D eigenvalue weighted by Gasteiger charge is 2.36. The second-order valence-corrected chi connectivity index (χ2v) is 4.98. The van der Waals surface area contributed by atoms with Crippen molar-refractivity contribution < 1.29 is 23.6 Å². The molecule has 0 amide bonds. The van der Waals surface area contributed by atoms with Gasteiger partial charge in [0, 0.05) is 18.5 Å². The van der Waals surface area contributed by atoms with Crippen LogP contribution in [0.1, 0.15) is 0 Å². The maximum absolute atomic E-state index is 11.7. The zero-order chi connectivity index (χ0) is 15.7. The average molecular weight is 303 g/mol. The molecule has 3 heterocycles. The van der Waals surface area contributed by atoms with Crippen molar-refractivity contribution in [2.45, 2.75) is 0 Å². The Balaban J connectivity index is 1.91. The van der Waals surface area contributed by atoms with Gasteiger partial charge in [-0.25, -0.2) is 4.98 Å². The summed E-state index contributed by atoms with van der Waals surface area (Å²) in [5, 5.41) is 0. The molecule has 0 atom stereocenters. The Morgan fingerprint density at radius 3 is 2.59 bits per heavy atom. The van der Waals surface area contributed by atoms with E-state index in [1.807, 2.05) is 0 Å². The number of pyridine rings is 1. The third-order valence-corrected chi connectivity index (χ3v) is 3.20. The first-order chi connectivity index (χ1) is 10.5. The van der Waals surface area contributed by atoms with Crippen molar-refractivity contribution in [2.75, 3.05) is 27.2 Å². The molecule has 1 aliphatic rings. The number of carbonyl (C=O) groups excluding carboxylic acids is 2. The number of hydrogen-bond donors (Lipinski definition) is 0. The van der Waals surface area contributed by atoms with Crippen LogP contribution in [0.25, 0.3) is 5.65 Å². The zero-order valence-corrected chi connectivity index (χ0v) is 12.2. The number of aromatic nitrogens is 2. The quantitative estimate of drug-likeness (QED) is 0.663. The van der Waals surface area contributed by atoms with Gasteiger partial charge in [0.2, 0.25) is 0 Å². The normalized spacial score (nSPS) is 16.9. The Morgan fingerprint density at radius 1 is 1.27 bits per heavy atom. The van der Waals surface area contributed by atoms with Crippen LogP contribution in [-0.4, -0.2) is 60.6 Å². The van der Waals surface area contributed by atoms with E-state index in [-0.39, 0.29) is 13.1 Å². The highest BCUT2D eigenvalue weighted by atomic mass is 16.6. The number of carbonyl (C=O) groups is 2. The molecule has 8 nitrogen and oxygen atoms in total. The van der Waals surface area contributed by atoms with Crippen molar-refractivity contribution in [3.05, 3.63) is 24.5 Å². The van der Waals surface area contributed by atoms with Crippen LogP contribution in [0, 0.1) is 0 Å². The van der Waals surface area contributed by atoms with Crippen LogP contribution in [0.4, 0.5) is 0 Å². The van der Waals surface area contributed by atoms with Gasteiger partial charge in [0.25, 0.3) is 0 Å². The standard InChI is InChI=1S/C13H14BN3O5/c1-16-7-12(18)21-14(22-13(19)8-16)10-6-17-4-3-9(20-2)5-11(17)15-10/h3-6H,7-8H2,1-2H3. The molecule has 0 unspecified atom stereocenters.